The van der Waals surface area contributed by atoms with E-state index in [2.05, 4.69) is 11.7 Å². The highest BCUT2D eigenvalue weighted by atomic mass is 16.6. The Morgan fingerprint density at radius 3 is 2.00 bits per heavy atom. The average molecular weight is 303 g/mol. The van der Waals surface area contributed by atoms with E-state index in [-0.39, 0.29) is 13.2 Å². The van der Waals surface area contributed by atoms with Gasteiger partial charge in [0.1, 0.15) is 6.10 Å². The minimum Gasteiger partial charge on any atom is -0.441 e. The zero-order valence-corrected chi connectivity index (χ0v) is 13.5. The second kappa shape index (κ2) is 15.6. The molecule has 3 N–H and O–H groups in total. The molecule has 0 saturated heterocycles. The molecule has 0 aromatic heterocycles. The molecular formula is C16H33NO4. The van der Waals surface area contributed by atoms with Crippen LogP contribution in [0.5, 0.6) is 0 Å². The fourth-order valence-electron chi connectivity index (χ4n) is 2.19. The van der Waals surface area contributed by atoms with Crippen LogP contribution < -0.4 is 5.73 Å². The molecule has 5 nitrogen and oxygen atoms in total. The van der Waals surface area contributed by atoms with Gasteiger partial charge >= 0.3 is 6.09 Å². The molecule has 0 aromatic rings. The Balaban J connectivity index is 3.19. The van der Waals surface area contributed by atoms with Gasteiger partial charge < -0.3 is 20.3 Å². The first-order valence-corrected chi connectivity index (χ1v) is 8.35. The topological polar surface area (TPSA) is 81.8 Å². The highest BCUT2D eigenvalue weighted by molar-refractivity contribution is 5.64. The number of amides is 1. The van der Waals surface area contributed by atoms with E-state index in [0.29, 0.717) is 6.61 Å². The second-order valence-corrected chi connectivity index (χ2v) is 5.50. The number of carbonyl (C=O) groups excluding carboxylic acids is 1. The van der Waals surface area contributed by atoms with Crippen LogP contribution in [-0.2, 0) is 9.47 Å². The Kier molecular flexibility index (Phi) is 15.0. The maximum Gasteiger partial charge on any atom is 0.404 e. The van der Waals surface area contributed by atoms with Crippen molar-refractivity contribution >= 4 is 6.09 Å². The van der Waals surface area contributed by atoms with Gasteiger partial charge in [0.2, 0.25) is 0 Å². The fraction of sp³-hybridized carbons (Fsp3) is 0.938. The summed E-state index contributed by atoms with van der Waals surface area (Å²) in [4.78, 5) is 10.5. The van der Waals surface area contributed by atoms with E-state index >= 15 is 0 Å². The Hall–Kier alpha value is -0.810. The first kappa shape index (κ1) is 20.2. The van der Waals surface area contributed by atoms with Crippen LogP contribution in [0.1, 0.15) is 71.1 Å². The van der Waals surface area contributed by atoms with E-state index in [1.54, 1.807) is 0 Å². The van der Waals surface area contributed by atoms with Gasteiger partial charge in [0, 0.05) is 6.61 Å². The summed E-state index contributed by atoms with van der Waals surface area (Å²) in [6.07, 6.45) is 11.3. The van der Waals surface area contributed by atoms with Crippen molar-refractivity contribution in [1.29, 1.82) is 0 Å². The van der Waals surface area contributed by atoms with Gasteiger partial charge in [0.25, 0.3) is 0 Å². The zero-order valence-electron chi connectivity index (χ0n) is 13.5. The Bertz CT molecular complexity index is 236. The van der Waals surface area contributed by atoms with Crippen molar-refractivity contribution in [3.05, 3.63) is 0 Å². The van der Waals surface area contributed by atoms with Gasteiger partial charge in [-0.05, 0) is 6.42 Å². The highest BCUT2D eigenvalue weighted by Gasteiger charge is 2.10. The number of carbonyl (C=O) groups is 1. The number of primary amides is 1. The number of aliphatic hydroxyl groups is 1. The summed E-state index contributed by atoms with van der Waals surface area (Å²) in [6, 6.07) is 0. The van der Waals surface area contributed by atoms with Crippen LogP contribution in [0.3, 0.4) is 0 Å². The average Bonchev–Trinajstić information content (AvgIpc) is 2.46. The smallest absolute Gasteiger partial charge is 0.404 e. The Morgan fingerprint density at radius 1 is 1.00 bits per heavy atom. The molecule has 0 radical (unpaired) electrons. The molecule has 0 fully saturated rings. The van der Waals surface area contributed by atoms with E-state index < -0.39 is 12.2 Å². The molecule has 21 heavy (non-hydrogen) atoms. The molecule has 0 aliphatic rings. The molecule has 126 valence electrons. The van der Waals surface area contributed by atoms with Crippen molar-refractivity contribution in [3.63, 3.8) is 0 Å². The molecule has 0 heterocycles. The lowest BCUT2D eigenvalue weighted by atomic mass is 10.1. The quantitative estimate of drug-likeness (QED) is 0.454. The molecule has 0 rings (SSSR count). The lowest BCUT2D eigenvalue weighted by Crippen LogP contribution is -2.30. The summed E-state index contributed by atoms with van der Waals surface area (Å²) >= 11 is 0. The van der Waals surface area contributed by atoms with Crippen LogP contribution in [0.15, 0.2) is 0 Å². The van der Waals surface area contributed by atoms with Crippen LogP contribution in [0.25, 0.3) is 0 Å². The van der Waals surface area contributed by atoms with Gasteiger partial charge in [-0.1, -0.05) is 64.7 Å². The lowest BCUT2D eigenvalue weighted by molar-refractivity contribution is -0.00463. The van der Waals surface area contributed by atoms with E-state index in [1.165, 1.54) is 51.4 Å². The molecule has 1 amide bonds. The third-order valence-electron chi connectivity index (χ3n) is 3.43. The molecule has 5 heteroatoms. The Labute approximate surface area is 129 Å². The maximum atomic E-state index is 10.5. The Morgan fingerprint density at radius 2 is 1.52 bits per heavy atom. The monoisotopic (exact) mass is 303 g/mol. The number of unbranched alkanes of at least 4 members (excludes halogenated alkanes) is 9. The highest BCUT2D eigenvalue weighted by Crippen LogP contribution is 2.10. The summed E-state index contributed by atoms with van der Waals surface area (Å²) in [5.74, 6) is 0. The van der Waals surface area contributed by atoms with Crippen LogP contribution in [-0.4, -0.2) is 37.1 Å². The van der Waals surface area contributed by atoms with E-state index in [4.69, 9.17) is 15.6 Å². The predicted octanol–water partition coefficient (Wildman–Crippen LogP) is 3.38. The summed E-state index contributed by atoms with van der Waals surface area (Å²) < 4.78 is 10.0. The van der Waals surface area contributed by atoms with Gasteiger partial charge in [-0.3, -0.25) is 0 Å². The van der Waals surface area contributed by atoms with Crippen LogP contribution >= 0.6 is 0 Å². The number of ether oxygens (including phenoxy) is 2. The standard InChI is InChI=1S/C16H33NO4/c1-2-3-4-5-6-7-8-9-10-11-12-20-14-15(13-18)21-16(17)19/h15,18H,2-14H2,1H3,(H2,17,19). The lowest BCUT2D eigenvalue weighted by Gasteiger charge is -2.13. The number of nitrogens with two attached hydrogens (primary N) is 1. The summed E-state index contributed by atoms with van der Waals surface area (Å²) in [6.45, 7) is 2.82. The number of aliphatic hydroxyl groups excluding tert-OH is 1. The first-order chi connectivity index (χ1) is 10.2. The summed E-state index contributed by atoms with van der Waals surface area (Å²) in [5, 5.41) is 8.94. The minimum absolute atomic E-state index is 0.205. The van der Waals surface area contributed by atoms with Crippen molar-refractivity contribution in [3.8, 4) is 0 Å². The molecular weight excluding hydrogens is 270 g/mol. The normalized spacial score (nSPS) is 12.3. The van der Waals surface area contributed by atoms with E-state index in [0.717, 1.165) is 12.8 Å². The van der Waals surface area contributed by atoms with Gasteiger partial charge in [-0.15, -0.1) is 0 Å². The molecule has 0 aliphatic heterocycles. The molecule has 0 spiro atoms. The molecule has 1 unspecified atom stereocenters. The number of hydrogen-bond donors (Lipinski definition) is 2. The largest absolute Gasteiger partial charge is 0.441 e. The maximum absolute atomic E-state index is 10.5. The predicted molar refractivity (Wildman–Crippen MR) is 84.2 cm³/mol. The van der Waals surface area contributed by atoms with Gasteiger partial charge in [-0.2, -0.15) is 0 Å². The summed E-state index contributed by atoms with van der Waals surface area (Å²) in [7, 11) is 0. The fourth-order valence-corrected chi connectivity index (χ4v) is 2.19. The molecule has 0 bridgehead atoms. The van der Waals surface area contributed by atoms with Crippen LogP contribution in [0.2, 0.25) is 0 Å². The minimum atomic E-state index is -0.878. The second-order valence-electron chi connectivity index (χ2n) is 5.50. The first-order valence-electron chi connectivity index (χ1n) is 8.35. The van der Waals surface area contributed by atoms with Gasteiger partial charge in [0.15, 0.2) is 0 Å². The van der Waals surface area contributed by atoms with Gasteiger partial charge in [-0.25, -0.2) is 4.79 Å². The van der Waals surface area contributed by atoms with Crippen LogP contribution in [0.4, 0.5) is 4.79 Å². The van der Waals surface area contributed by atoms with Gasteiger partial charge in [0.05, 0.1) is 13.2 Å². The van der Waals surface area contributed by atoms with E-state index in [1.807, 2.05) is 0 Å². The van der Waals surface area contributed by atoms with Crippen molar-refractivity contribution in [2.75, 3.05) is 19.8 Å². The molecule has 0 aliphatic carbocycles. The van der Waals surface area contributed by atoms with Crippen molar-refractivity contribution in [2.45, 2.75) is 77.2 Å². The van der Waals surface area contributed by atoms with E-state index in [9.17, 15) is 4.79 Å². The van der Waals surface area contributed by atoms with Crippen molar-refractivity contribution < 1.29 is 19.4 Å². The number of rotatable bonds is 15. The van der Waals surface area contributed by atoms with Crippen molar-refractivity contribution in [1.82, 2.24) is 0 Å². The van der Waals surface area contributed by atoms with Crippen molar-refractivity contribution in [2.24, 2.45) is 5.73 Å². The molecule has 0 aromatic carbocycles. The summed E-state index contributed by atoms with van der Waals surface area (Å²) in [5.41, 5.74) is 4.88. The molecule has 0 saturated carbocycles. The number of hydrogen-bond acceptors (Lipinski definition) is 4. The third kappa shape index (κ3) is 15.4. The van der Waals surface area contributed by atoms with Crippen LogP contribution in [0, 0.1) is 0 Å². The third-order valence-corrected chi connectivity index (χ3v) is 3.43. The SMILES string of the molecule is CCCCCCCCCCCCOCC(CO)OC(N)=O. The molecule has 1 atom stereocenters. The zero-order chi connectivity index (χ0) is 15.8.